The van der Waals surface area contributed by atoms with Gasteiger partial charge in [0, 0.05) is 26.1 Å². The number of hydrogen-bond donors (Lipinski definition) is 2. The number of anilines is 1. The van der Waals surface area contributed by atoms with Crippen LogP contribution in [0.5, 0.6) is 0 Å². The van der Waals surface area contributed by atoms with Crippen molar-refractivity contribution >= 4 is 11.9 Å². The number of alkyl halides is 3. The zero-order valence-corrected chi connectivity index (χ0v) is 16.8. The summed E-state index contributed by atoms with van der Waals surface area (Å²) in [7, 11) is 0. The van der Waals surface area contributed by atoms with Gasteiger partial charge in [0.05, 0.1) is 30.6 Å². The van der Waals surface area contributed by atoms with Crippen LogP contribution >= 0.6 is 0 Å². The van der Waals surface area contributed by atoms with Gasteiger partial charge >= 0.3 is 12.1 Å². The lowest BCUT2D eigenvalue weighted by atomic mass is 9.97. The van der Waals surface area contributed by atoms with Gasteiger partial charge in [-0.3, -0.25) is 4.90 Å². The predicted octanol–water partition coefficient (Wildman–Crippen LogP) is 3.23. The predicted molar refractivity (Wildman–Crippen MR) is 103 cm³/mol. The molecular formula is C20H21F5N4O3. The second kappa shape index (κ2) is 9.74. The first-order chi connectivity index (χ1) is 15.0. The smallest absolute Gasteiger partial charge is 0.475 e. The summed E-state index contributed by atoms with van der Waals surface area (Å²) >= 11 is 0. The van der Waals surface area contributed by atoms with Crippen molar-refractivity contribution in [3.8, 4) is 0 Å². The van der Waals surface area contributed by atoms with E-state index in [9.17, 15) is 22.0 Å². The lowest BCUT2D eigenvalue weighted by Gasteiger charge is -2.23. The molecule has 2 aliphatic heterocycles. The number of rotatable bonds is 4. The number of aliphatic carboxylic acids is 1. The van der Waals surface area contributed by atoms with Crippen LogP contribution in [0.4, 0.5) is 27.9 Å². The van der Waals surface area contributed by atoms with Crippen molar-refractivity contribution in [2.24, 2.45) is 0 Å². The summed E-state index contributed by atoms with van der Waals surface area (Å²) < 4.78 is 63.7. The fraction of sp³-hybridized carbons (Fsp3) is 0.450. The minimum absolute atomic E-state index is 0.122. The molecule has 7 nitrogen and oxygen atoms in total. The summed E-state index contributed by atoms with van der Waals surface area (Å²) in [4.78, 5) is 19.1. The Bertz CT molecular complexity index is 845. The molecule has 0 aliphatic carbocycles. The van der Waals surface area contributed by atoms with Crippen LogP contribution in [0.1, 0.15) is 18.4 Å². The van der Waals surface area contributed by atoms with Gasteiger partial charge in [-0.1, -0.05) is 12.1 Å². The second-order valence-electron chi connectivity index (χ2n) is 7.65. The van der Waals surface area contributed by atoms with Crippen LogP contribution in [-0.4, -0.2) is 63.5 Å². The van der Waals surface area contributed by atoms with Crippen molar-refractivity contribution in [1.29, 1.82) is 0 Å². The highest BCUT2D eigenvalue weighted by atomic mass is 19.4. The average Bonchev–Trinajstić information content (AvgIpc) is 3.31. The summed E-state index contributed by atoms with van der Waals surface area (Å²) in [5.74, 6) is -2.99. The Balaban J connectivity index is 0.000000360. The number of nitrogens with zero attached hydrogens (tertiary/aromatic N) is 3. The Hall–Kier alpha value is -2.86. The Morgan fingerprint density at radius 2 is 1.81 bits per heavy atom. The number of carbonyl (C=O) groups is 1. The molecule has 2 N–H and O–H groups in total. The summed E-state index contributed by atoms with van der Waals surface area (Å²) in [6, 6.07) is 6.76. The van der Waals surface area contributed by atoms with Crippen LogP contribution in [0.25, 0.3) is 0 Å². The molecule has 3 heterocycles. The molecule has 0 amide bonds. The number of halogens is 5. The minimum Gasteiger partial charge on any atom is -0.475 e. The molecule has 2 aromatic rings. The molecule has 4 rings (SSSR count). The number of likely N-dealkylation sites (tertiary alicyclic amines) is 1. The zero-order valence-electron chi connectivity index (χ0n) is 16.8. The van der Waals surface area contributed by atoms with Gasteiger partial charge in [-0.15, -0.1) is 0 Å². The van der Waals surface area contributed by atoms with E-state index in [1.165, 1.54) is 12.1 Å². The van der Waals surface area contributed by atoms with Crippen LogP contribution in [0.2, 0.25) is 0 Å². The van der Waals surface area contributed by atoms with Gasteiger partial charge in [-0.2, -0.15) is 13.2 Å². The molecule has 1 spiro atoms. The van der Waals surface area contributed by atoms with Crippen LogP contribution in [0.3, 0.4) is 0 Å². The van der Waals surface area contributed by atoms with Gasteiger partial charge in [0.25, 0.3) is 0 Å². The maximum atomic E-state index is 13.0. The molecule has 2 aliphatic rings. The normalized spacial score (nSPS) is 23.1. The van der Waals surface area contributed by atoms with E-state index in [0.717, 1.165) is 50.4 Å². The van der Waals surface area contributed by atoms with Crippen molar-refractivity contribution in [1.82, 2.24) is 14.9 Å². The van der Waals surface area contributed by atoms with Gasteiger partial charge in [-0.25, -0.2) is 23.5 Å². The lowest BCUT2D eigenvalue weighted by Crippen LogP contribution is -2.33. The third kappa shape index (κ3) is 6.57. The number of aromatic nitrogens is 2. The third-order valence-electron chi connectivity index (χ3n) is 5.12. The van der Waals surface area contributed by atoms with Crippen molar-refractivity contribution < 1.29 is 36.6 Å². The highest BCUT2D eigenvalue weighted by Crippen LogP contribution is 2.36. The van der Waals surface area contributed by atoms with Gasteiger partial charge < -0.3 is 15.2 Å². The Morgan fingerprint density at radius 3 is 2.41 bits per heavy atom. The quantitative estimate of drug-likeness (QED) is 0.678. The minimum atomic E-state index is -5.08. The molecule has 1 aromatic heterocycles. The van der Waals surface area contributed by atoms with Gasteiger partial charge in [0.2, 0.25) is 5.95 Å². The molecule has 12 heteroatoms. The van der Waals surface area contributed by atoms with Crippen molar-refractivity contribution in [2.45, 2.75) is 37.2 Å². The second-order valence-corrected chi connectivity index (χ2v) is 7.65. The molecule has 2 saturated heterocycles. The molecule has 0 saturated carbocycles. The van der Waals surface area contributed by atoms with E-state index >= 15 is 0 Å². The van der Waals surface area contributed by atoms with Crippen molar-refractivity contribution in [3.05, 3.63) is 53.9 Å². The topological polar surface area (TPSA) is 87.6 Å². The number of nitrogens with one attached hydrogen (secondary N) is 1. The lowest BCUT2D eigenvalue weighted by molar-refractivity contribution is -0.192. The molecule has 0 bridgehead atoms. The molecule has 2 atom stereocenters. The van der Waals surface area contributed by atoms with Crippen molar-refractivity contribution in [3.63, 3.8) is 0 Å². The Morgan fingerprint density at radius 1 is 1.19 bits per heavy atom. The van der Waals surface area contributed by atoms with Crippen LogP contribution in [-0.2, 0) is 16.1 Å². The van der Waals surface area contributed by atoms with Gasteiger partial charge in [-0.05, 0) is 24.1 Å². The van der Waals surface area contributed by atoms with Gasteiger partial charge in [0.15, 0.2) is 5.82 Å². The SMILES string of the molecule is Fc1ccc(CN2CCC3(CC(Nc4ncc(F)cn4)CO3)C2)cc1.O=C(O)C(F)(F)F. The first-order valence-electron chi connectivity index (χ1n) is 9.70. The number of hydrogen-bond acceptors (Lipinski definition) is 6. The average molecular weight is 460 g/mol. The van der Waals surface area contributed by atoms with E-state index in [4.69, 9.17) is 14.6 Å². The number of benzene rings is 1. The summed E-state index contributed by atoms with van der Waals surface area (Å²) in [6.07, 6.45) is -0.938. The fourth-order valence-corrected chi connectivity index (χ4v) is 3.70. The first-order valence-corrected chi connectivity index (χ1v) is 9.70. The van der Waals surface area contributed by atoms with E-state index in [0.29, 0.717) is 12.6 Å². The van der Waals surface area contributed by atoms with Crippen LogP contribution in [0, 0.1) is 11.6 Å². The largest absolute Gasteiger partial charge is 0.490 e. The first kappa shape index (κ1) is 23.8. The highest BCUT2D eigenvalue weighted by molar-refractivity contribution is 5.73. The Kier molecular flexibility index (Phi) is 7.24. The molecule has 0 radical (unpaired) electrons. The monoisotopic (exact) mass is 460 g/mol. The van der Waals surface area contributed by atoms with Gasteiger partial charge in [0.1, 0.15) is 5.82 Å². The van der Waals surface area contributed by atoms with E-state index in [1.807, 2.05) is 12.1 Å². The fourth-order valence-electron chi connectivity index (χ4n) is 3.70. The van der Waals surface area contributed by atoms with Crippen LogP contribution in [0.15, 0.2) is 36.7 Å². The molecular weight excluding hydrogens is 439 g/mol. The molecule has 2 unspecified atom stereocenters. The standard InChI is InChI=1S/C18H20F2N4O.C2HF3O2/c19-14-3-1-13(2-4-14)10-24-6-5-18(12-24)7-16(11-25-18)23-17-21-8-15(20)9-22-17;3-2(4,5)1(6)7/h1-4,8-9,16H,5-7,10-12H2,(H,21,22,23);(H,6,7). The third-order valence-corrected chi connectivity index (χ3v) is 5.12. The summed E-state index contributed by atoms with van der Waals surface area (Å²) in [5, 5.41) is 10.3. The maximum absolute atomic E-state index is 13.0. The number of carboxylic acid groups (broad SMARTS) is 1. The zero-order chi connectivity index (χ0) is 23.4. The number of ether oxygens (including phenoxy) is 1. The summed E-state index contributed by atoms with van der Waals surface area (Å²) in [6.45, 7) is 3.19. The molecule has 1 aromatic carbocycles. The summed E-state index contributed by atoms with van der Waals surface area (Å²) in [5.41, 5.74) is 0.948. The Labute approximate surface area is 180 Å². The molecule has 2 fully saturated rings. The van der Waals surface area contributed by atoms with Crippen molar-refractivity contribution in [2.75, 3.05) is 25.0 Å². The molecule has 32 heavy (non-hydrogen) atoms. The van der Waals surface area contributed by atoms with E-state index in [2.05, 4.69) is 20.2 Å². The van der Waals surface area contributed by atoms with E-state index in [1.54, 1.807) is 0 Å². The van der Waals surface area contributed by atoms with E-state index < -0.39 is 18.0 Å². The van der Waals surface area contributed by atoms with E-state index in [-0.39, 0.29) is 17.5 Å². The highest BCUT2D eigenvalue weighted by Gasteiger charge is 2.45. The maximum Gasteiger partial charge on any atom is 0.490 e. The number of carboxylic acids is 1. The molecule has 174 valence electrons. The van der Waals surface area contributed by atoms with Crippen LogP contribution < -0.4 is 5.32 Å².